The van der Waals surface area contributed by atoms with Crippen LogP contribution in [0.3, 0.4) is 0 Å². The Kier molecular flexibility index (Phi) is 18.2. The van der Waals surface area contributed by atoms with Gasteiger partial charge in [-0.15, -0.1) is 23.5 Å². The van der Waals surface area contributed by atoms with Crippen molar-refractivity contribution in [3.05, 3.63) is 106 Å². The molecule has 2 N–H and O–H groups in total. The number of alkyl halides is 6. The van der Waals surface area contributed by atoms with Gasteiger partial charge in [-0.2, -0.15) is 26.3 Å². The Labute approximate surface area is 471 Å². The molecule has 0 saturated heterocycles. The Hall–Kier alpha value is -5.54. The van der Waals surface area contributed by atoms with Crippen LogP contribution in [0.2, 0.25) is 0 Å². The Morgan fingerprint density at radius 1 is 0.383 bits per heavy atom. The first kappa shape index (κ1) is 58.6. The van der Waals surface area contributed by atoms with Gasteiger partial charge in [0.05, 0.1) is 115 Å². The number of allylic oxidation sites excluding steroid dienone is 2. The van der Waals surface area contributed by atoms with E-state index in [-0.39, 0.29) is 96.0 Å². The third-order valence-corrected chi connectivity index (χ3v) is 17.5. The number of hydrogen-bond acceptors (Lipinski definition) is 16. The zero-order chi connectivity index (χ0) is 56.8. The van der Waals surface area contributed by atoms with E-state index in [0.717, 1.165) is 23.5 Å². The second kappa shape index (κ2) is 25.1. The van der Waals surface area contributed by atoms with Gasteiger partial charge in [-0.3, -0.25) is 9.59 Å². The number of ether oxygens (including phenoxy) is 12. The summed E-state index contributed by atoms with van der Waals surface area (Å²) in [7, 11) is 0. The zero-order valence-electron chi connectivity index (χ0n) is 44.4. The molecule has 2 atom stereocenters. The second-order valence-electron chi connectivity index (χ2n) is 19.4. The molecule has 0 spiro atoms. The van der Waals surface area contributed by atoms with Crippen LogP contribution in [0.4, 0.5) is 37.7 Å². The van der Waals surface area contributed by atoms with Crippen LogP contribution in [0.5, 0.6) is 23.0 Å². The fourth-order valence-corrected chi connectivity index (χ4v) is 13.5. The number of benzene rings is 4. The van der Waals surface area contributed by atoms with Crippen LogP contribution in [-0.4, -0.2) is 171 Å². The number of fused-ring (bicyclic) bond motifs is 10. The fourth-order valence-electron chi connectivity index (χ4n) is 10.2. The normalized spacial score (nSPS) is 24.6. The average Bonchev–Trinajstić information content (AvgIpc) is 4.02. The van der Waals surface area contributed by atoms with Crippen LogP contribution in [-0.2, 0) is 37.9 Å². The van der Waals surface area contributed by atoms with Gasteiger partial charge in [-0.05, 0) is 84.7 Å². The molecular formula is C57H60F6N2O14S2. The Bertz CT molecular complexity index is 2840. The van der Waals surface area contributed by atoms with Crippen molar-refractivity contribution < 1.29 is 92.8 Å². The van der Waals surface area contributed by atoms with Gasteiger partial charge in [0.25, 0.3) is 11.8 Å². The summed E-state index contributed by atoms with van der Waals surface area (Å²) in [5.41, 5.74) is -2.95. The predicted molar refractivity (Wildman–Crippen MR) is 287 cm³/mol. The molecular weight excluding hydrogens is 1110 g/mol. The van der Waals surface area contributed by atoms with Gasteiger partial charge in [0.1, 0.15) is 26.4 Å². The third kappa shape index (κ3) is 11.9. The topological polar surface area (TPSA) is 169 Å². The van der Waals surface area contributed by atoms with Crippen molar-refractivity contribution in [1.29, 1.82) is 0 Å². The molecule has 4 aliphatic heterocycles. The second-order valence-corrected chi connectivity index (χ2v) is 22.4. The van der Waals surface area contributed by atoms with Crippen LogP contribution in [0.15, 0.2) is 93.7 Å². The molecule has 16 nitrogen and oxygen atoms in total. The summed E-state index contributed by atoms with van der Waals surface area (Å²) in [6.07, 6.45) is 0. The van der Waals surface area contributed by atoms with Crippen LogP contribution >= 0.6 is 23.5 Å². The molecule has 2 unspecified atom stereocenters. The summed E-state index contributed by atoms with van der Waals surface area (Å²) in [6.45, 7) is 9.20. The van der Waals surface area contributed by atoms with E-state index in [9.17, 15) is 9.59 Å². The lowest BCUT2D eigenvalue weighted by Gasteiger charge is -2.47. The quantitative estimate of drug-likeness (QED) is 0.185. The number of carbonyl (C=O) groups excluding carboxylic acids is 2. The molecule has 0 bridgehead atoms. The summed E-state index contributed by atoms with van der Waals surface area (Å²) in [5.74, 6) is -16.4. The number of nitrogens with one attached hydrogen (secondary N) is 2. The number of rotatable bonds is 4. The van der Waals surface area contributed by atoms with Crippen molar-refractivity contribution in [2.75, 3.05) is 143 Å². The van der Waals surface area contributed by atoms with Gasteiger partial charge in [-0.1, -0.05) is 12.1 Å². The van der Waals surface area contributed by atoms with Crippen molar-refractivity contribution in [2.45, 2.75) is 50.9 Å². The van der Waals surface area contributed by atoms with Crippen molar-refractivity contribution in [1.82, 2.24) is 0 Å². The highest BCUT2D eigenvalue weighted by atomic mass is 32.2. The lowest BCUT2D eigenvalue weighted by atomic mass is 9.68. The number of halogens is 6. The first-order valence-corrected chi connectivity index (χ1v) is 28.0. The first-order chi connectivity index (χ1) is 39.0. The van der Waals surface area contributed by atoms with Crippen LogP contribution in [0, 0.1) is 0 Å². The lowest BCUT2D eigenvalue weighted by Crippen LogP contribution is -2.47. The molecule has 4 heterocycles. The number of amides is 2. The van der Waals surface area contributed by atoms with Gasteiger partial charge in [0.15, 0.2) is 23.0 Å². The SMILES string of the molecule is CC12Sc3cc(C(=O)Nc4ccc5c(c4)OCCOCCOCCOCCOCCO5)ccc3C1=C1C(=C3c4ccc(C(=O)Nc5ccc6c(c5)OCCOCCOCCOCCOCCO6)cc4SC32C)C(F)(F)C(F)(F)C1(F)F. The summed E-state index contributed by atoms with van der Waals surface area (Å²) >= 11 is 2.03. The molecule has 1 saturated carbocycles. The highest BCUT2D eigenvalue weighted by molar-refractivity contribution is 8.06. The minimum absolute atomic E-state index is 0.00685. The Morgan fingerprint density at radius 3 is 1.00 bits per heavy atom. The van der Waals surface area contributed by atoms with Gasteiger partial charge in [0.2, 0.25) is 0 Å². The smallest absolute Gasteiger partial charge is 0.380 e. The number of hydrogen-bond donors (Lipinski definition) is 2. The lowest BCUT2D eigenvalue weighted by molar-refractivity contribution is -0.257. The van der Waals surface area contributed by atoms with Crippen LogP contribution in [0.1, 0.15) is 45.7 Å². The van der Waals surface area contributed by atoms with Gasteiger partial charge in [-0.25, -0.2) is 0 Å². The number of carbonyl (C=O) groups is 2. The number of anilines is 2. The minimum atomic E-state index is -5.82. The molecule has 1 fully saturated rings. The first-order valence-electron chi connectivity index (χ1n) is 26.4. The van der Waals surface area contributed by atoms with Gasteiger partial charge >= 0.3 is 17.8 Å². The van der Waals surface area contributed by atoms with E-state index >= 15 is 26.3 Å². The van der Waals surface area contributed by atoms with E-state index in [4.69, 9.17) is 56.8 Å². The van der Waals surface area contributed by atoms with E-state index < -0.39 is 50.2 Å². The highest BCUT2D eigenvalue weighted by Crippen LogP contribution is 2.78. The monoisotopic (exact) mass is 1170 g/mol. The Balaban J connectivity index is 0.899. The van der Waals surface area contributed by atoms with Gasteiger partial charge < -0.3 is 67.5 Å². The predicted octanol–water partition coefficient (Wildman–Crippen LogP) is 9.74. The molecule has 4 aromatic rings. The zero-order valence-corrected chi connectivity index (χ0v) is 46.0. The molecule has 2 aliphatic carbocycles. The molecule has 6 aliphatic rings. The summed E-state index contributed by atoms with van der Waals surface area (Å²) < 4.78 is 163. The molecule has 24 heteroatoms. The van der Waals surface area contributed by atoms with E-state index in [1.807, 2.05) is 0 Å². The fraction of sp³-hybridized carbons (Fsp3) is 0.474. The standard InChI is InChI=1S/C57H60F6N2O14S2/c1-53-47(39-7-3-35(31-45(39)80-53)51(66)64-37-5-9-41-43(33-37)78-29-25-74-21-17-70-13-11-68-15-19-72-23-27-76-41)49-50(56(60,61)57(62,63)55(49,58)59)48-40-8-4-36(32-46(40)81-54(48,53)2)52(67)65-38-6-10-42-44(34-38)79-30-26-75-22-18-71-14-12-69-16-20-73-24-28-77-42/h3-10,31-34H,11-30H2,1-2H3,(H,64,66)(H,65,67). The number of thioether (sulfide) groups is 2. The molecule has 10 rings (SSSR count). The summed E-state index contributed by atoms with van der Waals surface area (Å²) in [6, 6.07) is 17.7. The Morgan fingerprint density at radius 2 is 0.679 bits per heavy atom. The molecule has 2 amide bonds. The van der Waals surface area contributed by atoms with Crippen LogP contribution < -0.4 is 29.6 Å². The minimum Gasteiger partial charge on any atom is -0.487 e. The third-order valence-electron chi connectivity index (χ3n) is 14.3. The van der Waals surface area contributed by atoms with Crippen molar-refractivity contribution in [3.8, 4) is 23.0 Å². The van der Waals surface area contributed by atoms with E-state index in [2.05, 4.69) is 10.6 Å². The van der Waals surface area contributed by atoms with E-state index in [0.29, 0.717) is 114 Å². The van der Waals surface area contributed by atoms with Crippen molar-refractivity contribution in [3.63, 3.8) is 0 Å². The summed E-state index contributed by atoms with van der Waals surface area (Å²) in [5, 5.41) is 5.65. The average molecular weight is 1180 g/mol. The van der Waals surface area contributed by atoms with Gasteiger partial charge in [0, 0.05) is 55.6 Å². The summed E-state index contributed by atoms with van der Waals surface area (Å²) in [4.78, 5) is 28.6. The molecule has 81 heavy (non-hydrogen) atoms. The van der Waals surface area contributed by atoms with E-state index in [1.54, 1.807) is 50.2 Å². The van der Waals surface area contributed by atoms with E-state index in [1.165, 1.54) is 36.4 Å². The van der Waals surface area contributed by atoms with Crippen molar-refractivity contribution >= 4 is 57.9 Å². The molecule has 0 radical (unpaired) electrons. The highest BCUT2D eigenvalue weighted by Gasteiger charge is 2.85. The largest absolute Gasteiger partial charge is 0.487 e. The van der Waals surface area contributed by atoms with Crippen LogP contribution in [0.25, 0.3) is 11.1 Å². The molecule has 4 aromatic carbocycles. The van der Waals surface area contributed by atoms with Crippen molar-refractivity contribution in [2.24, 2.45) is 0 Å². The maximum atomic E-state index is 16.6. The molecule has 0 aromatic heterocycles. The molecule has 436 valence electrons. The maximum Gasteiger partial charge on any atom is 0.380 e. The maximum absolute atomic E-state index is 16.6.